The molecule has 2 fully saturated rings. The maximum Gasteiger partial charge on any atom is 0.295 e. The Hall–Kier alpha value is -4.73. The Bertz CT molecular complexity index is 1570. The zero-order valence-corrected chi connectivity index (χ0v) is 28.5. The molecule has 2 bridgehead atoms. The molecule has 0 aliphatic carbocycles. The number of likely N-dealkylation sites (tertiary alicyclic amines) is 1. The highest BCUT2D eigenvalue weighted by Gasteiger charge is 2.47. The smallest absolute Gasteiger partial charge is 0.295 e. The number of piperazine rings is 1. The molecule has 48 heavy (non-hydrogen) atoms. The molecule has 0 N–H and O–H groups in total. The van der Waals surface area contributed by atoms with Gasteiger partial charge in [0.05, 0.1) is 41.6 Å². The molecule has 10 heteroatoms. The fourth-order valence-corrected chi connectivity index (χ4v) is 7.04. The van der Waals surface area contributed by atoms with E-state index in [0.717, 1.165) is 44.1 Å². The number of Topliss-reactive ketones (excluding diaryl/α,β-unsaturated/α-hetero) is 1. The first-order valence-corrected chi connectivity index (χ1v) is 16.5. The van der Waals surface area contributed by atoms with E-state index in [1.54, 1.807) is 14.2 Å². The molecule has 3 atom stereocenters. The number of hydrogen-bond donors (Lipinski definition) is 0. The van der Waals surface area contributed by atoms with Crippen molar-refractivity contribution in [3.8, 4) is 28.7 Å². The summed E-state index contributed by atoms with van der Waals surface area (Å²) in [6, 6.07) is 18.4. The van der Waals surface area contributed by atoms with Gasteiger partial charge >= 0.3 is 0 Å². The SMILES string of the molecule is COc1ccc(CCC(CCc2ccccc2)CN2CC3CCCC(C2=O)N3C(=O)C(=O)c2cc(OC)c(OC)c(OC)c2)cc1OC. The van der Waals surface area contributed by atoms with Gasteiger partial charge in [0.15, 0.2) is 23.0 Å². The predicted molar refractivity (Wildman–Crippen MR) is 181 cm³/mol. The first-order chi connectivity index (χ1) is 23.3. The first kappa shape index (κ1) is 34.6. The number of ketones is 1. The number of fused-ring (bicyclic) bond motifs is 2. The van der Waals surface area contributed by atoms with E-state index in [-0.39, 0.29) is 34.9 Å². The monoisotopic (exact) mass is 658 g/mol. The number of methoxy groups -OCH3 is 5. The minimum atomic E-state index is -0.705. The van der Waals surface area contributed by atoms with Crippen molar-refractivity contribution in [3.05, 3.63) is 77.4 Å². The van der Waals surface area contributed by atoms with Crippen LogP contribution in [0.15, 0.2) is 60.7 Å². The van der Waals surface area contributed by atoms with Crippen molar-refractivity contribution >= 4 is 17.6 Å². The van der Waals surface area contributed by atoms with Crippen LogP contribution in [0.2, 0.25) is 0 Å². The fraction of sp³-hybridized carbons (Fsp3) is 0.447. The van der Waals surface area contributed by atoms with E-state index in [2.05, 4.69) is 18.2 Å². The van der Waals surface area contributed by atoms with Gasteiger partial charge in [-0.25, -0.2) is 0 Å². The van der Waals surface area contributed by atoms with Gasteiger partial charge in [-0.15, -0.1) is 0 Å². The van der Waals surface area contributed by atoms with Gasteiger partial charge in [0.25, 0.3) is 11.7 Å². The average Bonchev–Trinajstić information content (AvgIpc) is 3.13. The molecule has 3 aromatic rings. The number of carbonyl (C=O) groups is 3. The maximum atomic E-state index is 14.1. The maximum absolute atomic E-state index is 14.1. The summed E-state index contributed by atoms with van der Waals surface area (Å²) in [6.07, 6.45) is 5.61. The highest BCUT2D eigenvalue weighted by atomic mass is 16.5. The molecular formula is C38H46N2O8. The third-order valence-electron chi connectivity index (χ3n) is 9.58. The van der Waals surface area contributed by atoms with Gasteiger partial charge < -0.3 is 33.5 Å². The topological polar surface area (TPSA) is 104 Å². The van der Waals surface area contributed by atoms with E-state index in [4.69, 9.17) is 23.7 Å². The van der Waals surface area contributed by atoms with E-state index < -0.39 is 17.7 Å². The number of carbonyl (C=O) groups excluding carboxylic acids is 3. The summed E-state index contributed by atoms with van der Waals surface area (Å²) in [5.41, 5.74) is 2.53. The van der Waals surface area contributed by atoms with Crippen LogP contribution in [-0.4, -0.2) is 88.1 Å². The van der Waals surface area contributed by atoms with E-state index in [1.165, 1.54) is 43.9 Å². The van der Waals surface area contributed by atoms with E-state index in [0.29, 0.717) is 36.8 Å². The number of hydrogen-bond acceptors (Lipinski definition) is 8. The van der Waals surface area contributed by atoms with Crippen LogP contribution in [0.25, 0.3) is 0 Å². The molecule has 3 aromatic carbocycles. The van der Waals surface area contributed by atoms with Crippen LogP contribution in [0.5, 0.6) is 28.7 Å². The van der Waals surface area contributed by atoms with Crippen molar-refractivity contribution in [2.24, 2.45) is 5.92 Å². The molecule has 256 valence electrons. The molecule has 5 rings (SSSR count). The fourth-order valence-electron chi connectivity index (χ4n) is 7.04. The largest absolute Gasteiger partial charge is 0.493 e. The van der Waals surface area contributed by atoms with Gasteiger partial charge in [-0.1, -0.05) is 36.4 Å². The zero-order chi connectivity index (χ0) is 34.2. The Morgan fingerprint density at radius 1 is 0.750 bits per heavy atom. The van der Waals surface area contributed by atoms with Crippen molar-refractivity contribution in [3.63, 3.8) is 0 Å². The molecule has 3 unspecified atom stereocenters. The van der Waals surface area contributed by atoms with Crippen molar-refractivity contribution < 1.29 is 38.1 Å². The van der Waals surface area contributed by atoms with Crippen LogP contribution >= 0.6 is 0 Å². The van der Waals surface area contributed by atoms with Gasteiger partial charge in [0.1, 0.15) is 6.04 Å². The number of benzene rings is 3. The quantitative estimate of drug-likeness (QED) is 0.158. The zero-order valence-electron chi connectivity index (χ0n) is 28.5. The summed E-state index contributed by atoms with van der Waals surface area (Å²) in [5.74, 6) is 1.03. The van der Waals surface area contributed by atoms with E-state index in [1.807, 2.05) is 35.2 Å². The van der Waals surface area contributed by atoms with Crippen LogP contribution in [0.3, 0.4) is 0 Å². The second kappa shape index (κ2) is 15.9. The number of rotatable bonds is 15. The lowest BCUT2D eigenvalue weighted by atomic mass is 9.87. The van der Waals surface area contributed by atoms with Crippen molar-refractivity contribution in [2.75, 3.05) is 48.6 Å². The Balaban J connectivity index is 1.32. The molecule has 2 aliphatic heterocycles. The third kappa shape index (κ3) is 7.53. The summed E-state index contributed by atoms with van der Waals surface area (Å²) in [4.78, 5) is 45.0. The average molecular weight is 659 g/mol. The van der Waals surface area contributed by atoms with Crippen LogP contribution in [0.1, 0.15) is 53.6 Å². The van der Waals surface area contributed by atoms with Crippen LogP contribution < -0.4 is 23.7 Å². The van der Waals surface area contributed by atoms with Crippen LogP contribution in [0, 0.1) is 5.92 Å². The van der Waals surface area contributed by atoms with Gasteiger partial charge in [0, 0.05) is 18.7 Å². The summed E-state index contributed by atoms with van der Waals surface area (Å²) >= 11 is 0. The van der Waals surface area contributed by atoms with Crippen molar-refractivity contribution in [1.29, 1.82) is 0 Å². The molecule has 0 radical (unpaired) electrons. The standard InChI is InChI=1S/C38H46N2O8/c1-44-31-19-18-26(20-32(31)45-2)15-17-27(16-14-25-10-7-6-8-11-25)23-39-24-29-12-9-13-30(37(39)42)40(29)38(43)35(41)28-21-33(46-3)36(48-5)34(22-28)47-4/h6-8,10-11,18-22,27,29-30H,9,12-17,23-24H2,1-5H3. The Morgan fingerprint density at radius 2 is 1.40 bits per heavy atom. The van der Waals surface area contributed by atoms with Gasteiger partial charge in [-0.3, -0.25) is 14.4 Å². The Morgan fingerprint density at radius 3 is 2.02 bits per heavy atom. The molecule has 2 saturated heterocycles. The first-order valence-electron chi connectivity index (χ1n) is 16.5. The summed E-state index contributed by atoms with van der Waals surface area (Å²) < 4.78 is 27.1. The second-order valence-corrected chi connectivity index (χ2v) is 12.4. The number of aryl methyl sites for hydroxylation is 2. The number of piperidine rings is 1. The van der Waals surface area contributed by atoms with Gasteiger partial charge in [0.2, 0.25) is 11.7 Å². The van der Waals surface area contributed by atoms with Crippen LogP contribution in [0.4, 0.5) is 0 Å². The summed E-state index contributed by atoms with van der Waals surface area (Å²) in [5, 5.41) is 0. The molecule has 0 aromatic heterocycles. The second-order valence-electron chi connectivity index (χ2n) is 12.4. The normalized spacial score (nSPS) is 17.8. The molecule has 0 spiro atoms. The van der Waals surface area contributed by atoms with Crippen molar-refractivity contribution in [1.82, 2.24) is 9.80 Å². The minimum Gasteiger partial charge on any atom is -0.493 e. The Kier molecular flexibility index (Phi) is 11.5. The lowest BCUT2D eigenvalue weighted by Gasteiger charge is -2.49. The van der Waals surface area contributed by atoms with Gasteiger partial charge in [-0.2, -0.15) is 0 Å². The third-order valence-corrected chi connectivity index (χ3v) is 9.58. The molecule has 2 amide bonds. The van der Waals surface area contributed by atoms with Crippen LogP contribution in [-0.2, 0) is 22.4 Å². The Labute approximate surface area is 282 Å². The van der Waals surface area contributed by atoms with E-state index >= 15 is 0 Å². The predicted octanol–water partition coefficient (Wildman–Crippen LogP) is 5.39. The number of ether oxygens (including phenoxy) is 5. The molecule has 2 heterocycles. The van der Waals surface area contributed by atoms with Crippen molar-refractivity contribution in [2.45, 2.75) is 57.0 Å². The molecular weight excluding hydrogens is 612 g/mol. The molecule has 0 saturated carbocycles. The molecule has 10 nitrogen and oxygen atoms in total. The van der Waals surface area contributed by atoms with E-state index in [9.17, 15) is 14.4 Å². The molecule has 2 aliphatic rings. The highest BCUT2D eigenvalue weighted by Crippen LogP contribution is 2.39. The minimum absolute atomic E-state index is 0.0900. The van der Waals surface area contributed by atoms with Gasteiger partial charge in [-0.05, 0) is 86.3 Å². The number of nitrogens with zero attached hydrogens (tertiary/aromatic N) is 2. The number of amides is 2. The lowest BCUT2D eigenvalue weighted by molar-refractivity contribution is -0.157. The lowest BCUT2D eigenvalue weighted by Crippen LogP contribution is -2.66. The highest BCUT2D eigenvalue weighted by molar-refractivity contribution is 6.43. The summed E-state index contributed by atoms with van der Waals surface area (Å²) in [7, 11) is 7.64. The summed E-state index contributed by atoms with van der Waals surface area (Å²) in [6.45, 7) is 0.997.